The van der Waals surface area contributed by atoms with Crippen LogP contribution in [0.3, 0.4) is 0 Å². The first-order valence-electron chi connectivity index (χ1n) is 6.04. The number of nitrogens with zero attached hydrogens (tertiary/aromatic N) is 1. The average molecular weight is 211 g/mol. The zero-order chi connectivity index (χ0) is 10.5. The average Bonchev–Trinajstić information content (AvgIpc) is 2.28. The molecule has 0 unspecified atom stereocenters. The Bertz CT molecular complexity index is 214. The van der Waals surface area contributed by atoms with Crippen LogP contribution < -0.4 is 10.6 Å². The molecular weight excluding hydrogens is 190 g/mol. The van der Waals surface area contributed by atoms with Crippen LogP contribution in [0.15, 0.2) is 0 Å². The van der Waals surface area contributed by atoms with Gasteiger partial charge in [-0.1, -0.05) is 0 Å². The lowest BCUT2D eigenvalue weighted by Gasteiger charge is -2.29. The van der Waals surface area contributed by atoms with Gasteiger partial charge in [-0.2, -0.15) is 0 Å². The third-order valence-corrected chi connectivity index (χ3v) is 3.37. The molecule has 0 aromatic heterocycles. The van der Waals surface area contributed by atoms with E-state index in [1.807, 2.05) is 0 Å². The van der Waals surface area contributed by atoms with Crippen molar-refractivity contribution in [1.29, 1.82) is 0 Å². The first-order valence-corrected chi connectivity index (χ1v) is 6.04. The van der Waals surface area contributed by atoms with E-state index >= 15 is 0 Å². The van der Waals surface area contributed by atoms with Crippen molar-refractivity contribution in [2.24, 2.45) is 5.92 Å². The van der Waals surface area contributed by atoms with Crippen LogP contribution >= 0.6 is 0 Å². The van der Waals surface area contributed by atoms with E-state index in [0.717, 1.165) is 25.6 Å². The second-order valence-electron chi connectivity index (χ2n) is 4.63. The number of carbonyl (C=O) groups excluding carboxylic acids is 1. The summed E-state index contributed by atoms with van der Waals surface area (Å²) in [6.07, 6.45) is 3.90. The van der Waals surface area contributed by atoms with Crippen LogP contribution in [0.25, 0.3) is 0 Å². The molecule has 0 saturated carbocycles. The van der Waals surface area contributed by atoms with Gasteiger partial charge in [-0.3, -0.25) is 9.69 Å². The minimum absolute atomic E-state index is 0.183. The Morgan fingerprint density at radius 1 is 1.40 bits per heavy atom. The minimum Gasteiger partial charge on any atom is -0.354 e. The maximum atomic E-state index is 11.2. The van der Waals surface area contributed by atoms with Crippen LogP contribution in [-0.4, -0.2) is 50.1 Å². The van der Waals surface area contributed by atoms with Crippen LogP contribution in [0.5, 0.6) is 0 Å². The van der Waals surface area contributed by atoms with Gasteiger partial charge in [-0.25, -0.2) is 0 Å². The highest BCUT2D eigenvalue weighted by Gasteiger charge is 2.18. The molecule has 2 aliphatic heterocycles. The zero-order valence-electron chi connectivity index (χ0n) is 9.30. The van der Waals surface area contributed by atoms with Crippen LogP contribution in [-0.2, 0) is 4.79 Å². The lowest BCUT2D eigenvalue weighted by molar-refractivity contribution is -0.124. The maximum absolute atomic E-state index is 11.2. The largest absolute Gasteiger partial charge is 0.354 e. The van der Waals surface area contributed by atoms with Crippen molar-refractivity contribution in [3.8, 4) is 0 Å². The quantitative estimate of drug-likeness (QED) is 0.680. The number of amides is 1. The molecule has 2 saturated heterocycles. The molecule has 4 nitrogen and oxygen atoms in total. The van der Waals surface area contributed by atoms with Crippen molar-refractivity contribution < 1.29 is 4.79 Å². The first-order chi connectivity index (χ1) is 7.34. The van der Waals surface area contributed by atoms with Crippen molar-refractivity contribution in [2.75, 3.05) is 39.3 Å². The van der Waals surface area contributed by atoms with E-state index < -0.39 is 0 Å². The van der Waals surface area contributed by atoms with Gasteiger partial charge in [-0.05, 0) is 44.8 Å². The number of piperazine rings is 1. The van der Waals surface area contributed by atoms with Gasteiger partial charge in [0.05, 0.1) is 6.54 Å². The van der Waals surface area contributed by atoms with E-state index in [2.05, 4.69) is 15.5 Å². The number of hydrogen-bond donors (Lipinski definition) is 2. The van der Waals surface area contributed by atoms with E-state index in [1.165, 1.54) is 32.4 Å². The molecule has 1 amide bonds. The SMILES string of the molecule is O=C1CN(CC[C@@H]2CCCNC2)CCN1. The number of piperidine rings is 1. The van der Waals surface area contributed by atoms with Crippen molar-refractivity contribution in [3.05, 3.63) is 0 Å². The molecule has 4 heteroatoms. The molecule has 0 spiro atoms. The number of hydrogen-bond acceptors (Lipinski definition) is 3. The number of rotatable bonds is 3. The van der Waals surface area contributed by atoms with Crippen LogP contribution in [0, 0.1) is 5.92 Å². The van der Waals surface area contributed by atoms with E-state index in [9.17, 15) is 4.79 Å². The minimum atomic E-state index is 0.183. The Labute approximate surface area is 91.4 Å². The van der Waals surface area contributed by atoms with Crippen LogP contribution in [0.2, 0.25) is 0 Å². The fourth-order valence-corrected chi connectivity index (χ4v) is 2.42. The molecule has 2 aliphatic rings. The Kier molecular flexibility index (Phi) is 3.97. The van der Waals surface area contributed by atoms with Crippen molar-refractivity contribution in [3.63, 3.8) is 0 Å². The van der Waals surface area contributed by atoms with Gasteiger partial charge in [-0.15, -0.1) is 0 Å². The summed E-state index contributed by atoms with van der Waals surface area (Å²) in [6.45, 7) is 5.87. The highest BCUT2D eigenvalue weighted by molar-refractivity contribution is 5.78. The molecule has 15 heavy (non-hydrogen) atoms. The lowest BCUT2D eigenvalue weighted by atomic mass is 9.96. The fraction of sp³-hybridized carbons (Fsp3) is 0.909. The molecule has 2 N–H and O–H groups in total. The predicted molar refractivity (Wildman–Crippen MR) is 59.7 cm³/mol. The second-order valence-corrected chi connectivity index (χ2v) is 4.63. The molecule has 0 aliphatic carbocycles. The van der Waals surface area contributed by atoms with Crippen LogP contribution in [0.4, 0.5) is 0 Å². The van der Waals surface area contributed by atoms with E-state index in [0.29, 0.717) is 6.54 Å². The van der Waals surface area contributed by atoms with Gasteiger partial charge in [0.15, 0.2) is 0 Å². The highest BCUT2D eigenvalue weighted by Crippen LogP contribution is 2.14. The third-order valence-electron chi connectivity index (χ3n) is 3.37. The summed E-state index contributed by atoms with van der Waals surface area (Å²) in [6, 6.07) is 0. The Morgan fingerprint density at radius 3 is 3.07 bits per heavy atom. The van der Waals surface area contributed by atoms with Gasteiger partial charge in [0.25, 0.3) is 0 Å². The van der Waals surface area contributed by atoms with E-state index in [1.54, 1.807) is 0 Å². The van der Waals surface area contributed by atoms with E-state index in [-0.39, 0.29) is 5.91 Å². The molecule has 2 fully saturated rings. The lowest BCUT2D eigenvalue weighted by Crippen LogP contribution is -2.48. The fourth-order valence-electron chi connectivity index (χ4n) is 2.42. The zero-order valence-corrected chi connectivity index (χ0v) is 9.30. The molecule has 2 heterocycles. The number of nitrogens with one attached hydrogen (secondary N) is 2. The summed E-state index contributed by atoms with van der Waals surface area (Å²) in [5, 5.41) is 6.29. The summed E-state index contributed by atoms with van der Waals surface area (Å²) in [5.41, 5.74) is 0. The standard InChI is InChI=1S/C11H21N3O/c15-11-9-14(7-5-13-11)6-3-10-2-1-4-12-8-10/h10,12H,1-9H2,(H,13,15)/t10-/m0/s1. The normalized spacial score (nSPS) is 28.8. The Balaban J connectivity index is 1.65. The highest BCUT2D eigenvalue weighted by atomic mass is 16.2. The number of carbonyl (C=O) groups is 1. The molecule has 0 bridgehead atoms. The Hall–Kier alpha value is -0.610. The van der Waals surface area contributed by atoms with Crippen molar-refractivity contribution >= 4 is 5.91 Å². The topological polar surface area (TPSA) is 44.4 Å². The molecule has 1 atom stereocenters. The molecule has 2 rings (SSSR count). The van der Waals surface area contributed by atoms with Crippen molar-refractivity contribution in [1.82, 2.24) is 15.5 Å². The van der Waals surface area contributed by atoms with E-state index in [4.69, 9.17) is 0 Å². The molecule has 0 aromatic rings. The van der Waals surface area contributed by atoms with Gasteiger partial charge >= 0.3 is 0 Å². The summed E-state index contributed by atoms with van der Waals surface area (Å²) < 4.78 is 0. The summed E-state index contributed by atoms with van der Waals surface area (Å²) in [5.74, 6) is 1.01. The van der Waals surface area contributed by atoms with Crippen LogP contribution in [0.1, 0.15) is 19.3 Å². The molecule has 86 valence electrons. The molecular formula is C11H21N3O. The summed E-state index contributed by atoms with van der Waals surface area (Å²) in [7, 11) is 0. The maximum Gasteiger partial charge on any atom is 0.234 e. The second kappa shape index (κ2) is 5.47. The molecule has 0 radical (unpaired) electrons. The monoisotopic (exact) mass is 211 g/mol. The van der Waals surface area contributed by atoms with Gasteiger partial charge in [0, 0.05) is 13.1 Å². The van der Waals surface area contributed by atoms with Gasteiger partial charge < -0.3 is 10.6 Å². The summed E-state index contributed by atoms with van der Waals surface area (Å²) in [4.78, 5) is 13.4. The van der Waals surface area contributed by atoms with Gasteiger partial charge in [0.1, 0.15) is 0 Å². The Morgan fingerprint density at radius 2 is 2.33 bits per heavy atom. The predicted octanol–water partition coefficient (Wildman–Crippen LogP) is -0.192. The smallest absolute Gasteiger partial charge is 0.234 e. The third kappa shape index (κ3) is 3.47. The van der Waals surface area contributed by atoms with Gasteiger partial charge in [0.2, 0.25) is 5.91 Å². The molecule has 0 aromatic carbocycles. The first kappa shape index (κ1) is 10.9. The van der Waals surface area contributed by atoms with Crippen molar-refractivity contribution in [2.45, 2.75) is 19.3 Å². The summed E-state index contributed by atoms with van der Waals surface area (Å²) >= 11 is 0.